The highest BCUT2D eigenvalue weighted by atomic mass is 19.1. The lowest BCUT2D eigenvalue weighted by Gasteiger charge is -2.12. The Bertz CT molecular complexity index is 409. The first-order valence-corrected chi connectivity index (χ1v) is 5.82. The lowest BCUT2D eigenvalue weighted by atomic mass is 10.2. The van der Waals surface area contributed by atoms with E-state index < -0.39 is 5.82 Å². The number of methoxy groups -OCH3 is 1. The van der Waals surface area contributed by atoms with Crippen LogP contribution >= 0.6 is 0 Å². The van der Waals surface area contributed by atoms with E-state index in [0.29, 0.717) is 18.8 Å². The average Bonchev–Trinajstić information content (AvgIpc) is 2.38. The predicted octanol–water partition coefficient (Wildman–Crippen LogP) is 2.45. The van der Waals surface area contributed by atoms with E-state index in [4.69, 9.17) is 4.74 Å². The molecule has 0 aliphatic heterocycles. The number of carbonyl (C=O) groups is 1. The summed E-state index contributed by atoms with van der Waals surface area (Å²) in [5, 5.41) is 2.97. The molecule has 0 aliphatic carbocycles. The third-order valence-corrected chi connectivity index (χ3v) is 2.45. The molecule has 0 saturated carbocycles. The monoisotopic (exact) mass is 255 g/mol. The number of hydrogen-bond donors (Lipinski definition) is 1. The summed E-state index contributed by atoms with van der Waals surface area (Å²) in [5.41, 5.74) is 0.603. The van der Waals surface area contributed by atoms with Gasteiger partial charge in [-0.2, -0.15) is 0 Å². The van der Waals surface area contributed by atoms with Crippen LogP contribution in [0.5, 0.6) is 5.75 Å². The minimum atomic E-state index is -0.424. The summed E-state index contributed by atoms with van der Waals surface area (Å²) in [5.74, 6) is -0.782. The molecule has 5 heteroatoms. The molecule has 0 saturated heterocycles. The summed E-state index contributed by atoms with van der Waals surface area (Å²) >= 11 is 0. The van der Waals surface area contributed by atoms with Crippen LogP contribution in [0.4, 0.5) is 10.1 Å². The normalized spacial score (nSPS) is 11.8. The molecule has 0 bridgehead atoms. The van der Waals surface area contributed by atoms with Crippen LogP contribution in [0.3, 0.4) is 0 Å². The lowest BCUT2D eigenvalue weighted by molar-refractivity contribution is -0.144. The highest BCUT2D eigenvalue weighted by Crippen LogP contribution is 2.21. The van der Waals surface area contributed by atoms with Crippen molar-refractivity contribution in [1.82, 2.24) is 0 Å². The van der Waals surface area contributed by atoms with E-state index in [0.717, 1.165) is 0 Å². The van der Waals surface area contributed by atoms with Crippen LogP contribution in [0.25, 0.3) is 0 Å². The fraction of sp³-hybridized carbons (Fsp3) is 0.462. The smallest absolute Gasteiger partial charge is 0.310 e. The summed E-state index contributed by atoms with van der Waals surface area (Å²) in [6, 6.07) is 4.61. The van der Waals surface area contributed by atoms with E-state index in [-0.39, 0.29) is 17.6 Å². The molecule has 1 aromatic rings. The molecular weight excluding hydrogens is 237 g/mol. The van der Waals surface area contributed by atoms with Gasteiger partial charge >= 0.3 is 5.97 Å². The van der Waals surface area contributed by atoms with Crippen molar-refractivity contribution in [2.75, 3.05) is 25.6 Å². The Morgan fingerprint density at radius 3 is 2.78 bits per heavy atom. The number of carbonyl (C=O) groups excluding carboxylic acids is 1. The van der Waals surface area contributed by atoms with Gasteiger partial charge in [-0.05, 0) is 19.1 Å². The Morgan fingerprint density at radius 1 is 1.50 bits per heavy atom. The minimum absolute atomic E-state index is 0.226. The van der Waals surface area contributed by atoms with Gasteiger partial charge in [-0.25, -0.2) is 4.39 Å². The minimum Gasteiger partial charge on any atom is -0.491 e. The Hall–Kier alpha value is -1.78. The zero-order chi connectivity index (χ0) is 13.5. The first kappa shape index (κ1) is 14.3. The molecule has 1 unspecified atom stereocenters. The molecule has 1 atom stereocenters. The van der Waals surface area contributed by atoms with Gasteiger partial charge in [-0.3, -0.25) is 4.79 Å². The first-order valence-electron chi connectivity index (χ1n) is 5.82. The third-order valence-electron chi connectivity index (χ3n) is 2.45. The fourth-order valence-electron chi connectivity index (χ4n) is 1.44. The molecule has 0 spiro atoms. The number of hydrogen-bond acceptors (Lipinski definition) is 4. The molecule has 0 fully saturated rings. The van der Waals surface area contributed by atoms with Crippen molar-refractivity contribution in [1.29, 1.82) is 0 Å². The van der Waals surface area contributed by atoms with Gasteiger partial charge in [0.15, 0.2) is 11.6 Å². The first-order chi connectivity index (χ1) is 8.58. The molecule has 1 N–H and O–H groups in total. The number of rotatable bonds is 6. The molecule has 100 valence electrons. The van der Waals surface area contributed by atoms with E-state index in [1.807, 2.05) is 0 Å². The van der Waals surface area contributed by atoms with Gasteiger partial charge in [0.05, 0.1) is 19.6 Å². The van der Waals surface area contributed by atoms with E-state index in [1.54, 1.807) is 26.0 Å². The van der Waals surface area contributed by atoms with Gasteiger partial charge in [0.25, 0.3) is 0 Å². The molecule has 0 radical (unpaired) electrons. The second kappa shape index (κ2) is 6.83. The topological polar surface area (TPSA) is 47.6 Å². The Morgan fingerprint density at radius 2 is 2.22 bits per heavy atom. The number of ether oxygens (including phenoxy) is 2. The SMILES string of the molecule is CCOc1ccc(NCC(C)C(=O)OC)cc1F. The molecule has 0 aliphatic rings. The van der Waals surface area contributed by atoms with Crippen LogP contribution in [-0.4, -0.2) is 26.2 Å². The molecule has 18 heavy (non-hydrogen) atoms. The molecule has 4 nitrogen and oxygen atoms in total. The van der Waals surface area contributed by atoms with Gasteiger partial charge in [0, 0.05) is 18.3 Å². The number of benzene rings is 1. The van der Waals surface area contributed by atoms with Crippen molar-refractivity contribution < 1.29 is 18.7 Å². The number of nitrogens with one attached hydrogen (secondary N) is 1. The summed E-state index contributed by atoms with van der Waals surface area (Å²) in [6.45, 7) is 4.34. The molecule has 1 rings (SSSR count). The van der Waals surface area contributed by atoms with Gasteiger partial charge in [0.2, 0.25) is 0 Å². The van der Waals surface area contributed by atoms with Crippen molar-refractivity contribution in [3.63, 3.8) is 0 Å². The zero-order valence-corrected chi connectivity index (χ0v) is 10.8. The van der Waals surface area contributed by atoms with Crippen molar-refractivity contribution in [2.24, 2.45) is 5.92 Å². The number of anilines is 1. The number of halogens is 1. The van der Waals surface area contributed by atoms with E-state index in [9.17, 15) is 9.18 Å². The van der Waals surface area contributed by atoms with E-state index in [2.05, 4.69) is 10.1 Å². The number of esters is 1. The molecule has 0 aromatic heterocycles. The zero-order valence-electron chi connectivity index (χ0n) is 10.8. The summed E-state index contributed by atoms with van der Waals surface area (Å²) < 4.78 is 23.2. The lowest BCUT2D eigenvalue weighted by Crippen LogP contribution is -2.21. The second-order valence-corrected chi connectivity index (χ2v) is 3.88. The summed E-state index contributed by atoms with van der Waals surface area (Å²) in [6.07, 6.45) is 0. The Labute approximate surface area is 106 Å². The van der Waals surface area contributed by atoms with Crippen molar-refractivity contribution >= 4 is 11.7 Å². The summed E-state index contributed by atoms with van der Waals surface area (Å²) in [7, 11) is 1.34. The highest BCUT2D eigenvalue weighted by molar-refractivity contribution is 5.72. The quantitative estimate of drug-likeness (QED) is 0.793. The van der Waals surface area contributed by atoms with Crippen molar-refractivity contribution in [3.05, 3.63) is 24.0 Å². The van der Waals surface area contributed by atoms with Crippen molar-refractivity contribution in [2.45, 2.75) is 13.8 Å². The predicted molar refractivity (Wildman–Crippen MR) is 67.2 cm³/mol. The maximum absolute atomic E-state index is 13.5. The van der Waals surface area contributed by atoms with Crippen LogP contribution in [0.1, 0.15) is 13.8 Å². The molecule has 0 amide bonds. The van der Waals surface area contributed by atoms with Crippen LogP contribution < -0.4 is 10.1 Å². The Balaban J connectivity index is 2.58. The average molecular weight is 255 g/mol. The van der Waals surface area contributed by atoms with Crippen LogP contribution in [-0.2, 0) is 9.53 Å². The van der Waals surface area contributed by atoms with E-state index >= 15 is 0 Å². The van der Waals surface area contributed by atoms with Crippen LogP contribution in [0, 0.1) is 11.7 Å². The third kappa shape index (κ3) is 3.91. The van der Waals surface area contributed by atoms with Gasteiger partial charge < -0.3 is 14.8 Å². The maximum atomic E-state index is 13.5. The van der Waals surface area contributed by atoms with Crippen LogP contribution in [0.15, 0.2) is 18.2 Å². The van der Waals surface area contributed by atoms with Gasteiger partial charge in [-0.1, -0.05) is 6.92 Å². The molecule has 0 heterocycles. The standard InChI is InChI=1S/C13H18FNO3/c1-4-18-12-6-5-10(7-11(12)14)15-8-9(2)13(16)17-3/h5-7,9,15H,4,8H2,1-3H3. The largest absolute Gasteiger partial charge is 0.491 e. The van der Waals surface area contributed by atoms with Gasteiger partial charge in [0.1, 0.15) is 0 Å². The fourth-order valence-corrected chi connectivity index (χ4v) is 1.44. The van der Waals surface area contributed by atoms with Gasteiger partial charge in [-0.15, -0.1) is 0 Å². The molecule has 1 aromatic carbocycles. The van der Waals surface area contributed by atoms with Crippen molar-refractivity contribution in [3.8, 4) is 5.75 Å². The summed E-state index contributed by atoms with van der Waals surface area (Å²) in [4.78, 5) is 11.2. The second-order valence-electron chi connectivity index (χ2n) is 3.88. The van der Waals surface area contributed by atoms with Crippen LogP contribution in [0.2, 0.25) is 0 Å². The molecular formula is C13H18FNO3. The van der Waals surface area contributed by atoms with E-state index in [1.165, 1.54) is 13.2 Å². The highest BCUT2D eigenvalue weighted by Gasteiger charge is 2.12. The maximum Gasteiger partial charge on any atom is 0.310 e. The Kier molecular flexibility index (Phi) is 5.42.